The number of nitrogens with one attached hydrogen (secondary N) is 2. The van der Waals surface area contributed by atoms with Gasteiger partial charge in [0, 0.05) is 29.7 Å². The third-order valence-corrected chi connectivity index (χ3v) is 4.97. The highest BCUT2D eigenvalue weighted by Gasteiger charge is 2.18. The second-order valence-corrected chi connectivity index (χ2v) is 7.40. The molecule has 0 radical (unpaired) electrons. The van der Waals surface area contributed by atoms with Gasteiger partial charge in [-0.3, -0.25) is 4.79 Å². The summed E-state index contributed by atoms with van der Waals surface area (Å²) in [6, 6.07) is 9.93. The average molecular weight is 494 g/mol. The fourth-order valence-electron chi connectivity index (χ4n) is 2.31. The largest absolute Gasteiger partial charge is 0.478 e. The summed E-state index contributed by atoms with van der Waals surface area (Å²) in [5.74, 6) is -1.09. The molecule has 0 saturated carbocycles. The van der Waals surface area contributed by atoms with Crippen molar-refractivity contribution in [3.8, 4) is 5.95 Å². The van der Waals surface area contributed by atoms with Gasteiger partial charge in [-0.15, -0.1) is 9.32 Å². The van der Waals surface area contributed by atoms with Gasteiger partial charge in [-0.1, -0.05) is 5.04 Å². The summed E-state index contributed by atoms with van der Waals surface area (Å²) in [5.41, 5.74) is 0.735. The monoisotopic (exact) mass is 493 g/mol. The van der Waals surface area contributed by atoms with Gasteiger partial charge in [-0.05, 0) is 46.4 Å². The van der Waals surface area contributed by atoms with Crippen LogP contribution in [0, 0.1) is 0 Å². The maximum atomic E-state index is 11.5. The number of aromatic carboxylic acids is 1. The van der Waals surface area contributed by atoms with E-state index in [9.17, 15) is 14.7 Å². The number of carboxylic acids is 1. The summed E-state index contributed by atoms with van der Waals surface area (Å²) in [5, 5.41) is 26.5. The molecule has 3 rings (SSSR count). The second kappa shape index (κ2) is 11.9. The summed E-state index contributed by atoms with van der Waals surface area (Å²) < 4.78 is 10.6. The number of benzene rings is 1. The Kier molecular flexibility index (Phi) is 8.73. The van der Waals surface area contributed by atoms with Gasteiger partial charge in [-0.2, -0.15) is 0 Å². The Labute approximate surface area is 195 Å². The van der Waals surface area contributed by atoms with E-state index in [1.165, 1.54) is 16.8 Å². The normalized spacial score (nSPS) is 10.5. The highest BCUT2D eigenvalue weighted by molar-refractivity contribution is 7.96. The molecule has 0 saturated heterocycles. The van der Waals surface area contributed by atoms with Gasteiger partial charge >= 0.3 is 29.8 Å². The zero-order valence-electron chi connectivity index (χ0n) is 16.9. The minimum atomic E-state index is -1.07. The quantitative estimate of drug-likeness (QED) is 0.101. The Bertz CT molecular complexity index is 1120. The lowest BCUT2D eigenvalue weighted by atomic mass is 10.3. The van der Waals surface area contributed by atoms with Gasteiger partial charge in [0.2, 0.25) is 0 Å². The molecule has 0 fully saturated rings. The van der Waals surface area contributed by atoms with Crippen molar-refractivity contribution in [3.05, 3.63) is 54.4 Å². The van der Waals surface area contributed by atoms with Crippen LogP contribution >= 0.6 is 24.1 Å². The Morgan fingerprint density at radius 2 is 1.88 bits per heavy atom. The Hall–Kier alpha value is -3.50. The molecule has 0 amide bonds. The fourth-order valence-corrected chi connectivity index (χ4v) is 3.13. The van der Waals surface area contributed by atoms with E-state index in [1.807, 2.05) is 0 Å². The molecule has 0 spiro atoms. The van der Waals surface area contributed by atoms with E-state index in [1.54, 1.807) is 43.6 Å². The molecule has 0 unspecified atom stereocenters. The molecule has 2 heterocycles. The first-order valence-electron chi connectivity index (χ1n) is 9.01. The molecule has 4 N–H and O–H groups in total. The summed E-state index contributed by atoms with van der Waals surface area (Å²) in [7, 11) is 1.65. The van der Waals surface area contributed by atoms with Gasteiger partial charge in [0.15, 0.2) is 0 Å². The van der Waals surface area contributed by atoms with Crippen LogP contribution in [0.1, 0.15) is 10.4 Å². The van der Waals surface area contributed by atoms with Gasteiger partial charge in [-0.25, -0.2) is 14.6 Å². The van der Waals surface area contributed by atoms with Crippen LogP contribution in [0.3, 0.4) is 0 Å². The molecule has 15 heteroatoms. The first-order chi connectivity index (χ1) is 16.0. The van der Waals surface area contributed by atoms with Crippen molar-refractivity contribution in [1.29, 1.82) is 0 Å². The minimum Gasteiger partial charge on any atom is -0.478 e. The van der Waals surface area contributed by atoms with E-state index in [0.717, 1.165) is 12.0 Å². The number of aromatic nitrogens is 4. The standard InChI is InChI=1S/C18H16N6O7S2/c1-19-16-21-17(23-18(22-16)24-8-2-3-11(9-24)15(26)27)20-12-4-6-13(7-5-12)33-29-14(25)10-32-31-30-28/h2-9H,10H2,1H3,(H3-,19,20,21,22,23,26,27,28)/p+1. The third-order valence-electron chi connectivity index (χ3n) is 3.72. The van der Waals surface area contributed by atoms with Crippen molar-refractivity contribution in [2.24, 2.45) is 0 Å². The highest BCUT2D eigenvalue weighted by atomic mass is 32.2. The predicted molar refractivity (Wildman–Crippen MR) is 117 cm³/mol. The van der Waals surface area contributed by atoms with Gasteiger partial charge in [0.1, 0.15) is 5.75 Å². The van der Waals surface area contributed by atoms with Gasteiger partial charge < -0.3 is 19.9 Å². The maximum Gasteiger partial charge on any atom is 0.444 e. The Morgan fingerprint density at radius 3 is 2.58 bits per heavy atom. The molecule has 0 aliphatic rings. The highest BCUT2D eigenvalue weighted by Crippen LogP contribution is 2.23. The maximum absolute atomic E-state index is 11.5. The third kappa shape index (κ3) is 7.26. The molecule has 0 aliphatic carbocycles. The van der Waals surface area contributed by atoms with Crippen LogP contribution in [0.4, 0.5) is 17.6 Å². The lowest BCUT2D eigenvalue weighted by molar-refractivity contribution is -0.603. The Morgan fingerprint density at radius 1 is 1.12 bits per heavy atom. The van der Waals surface area contributed by atoms with Crippen molar-refractivity contribution < 1.29 is 38.1 Å². The Balaban J connectivity index is 1.69. The number of nitrogens with zero attached hydrogens (tertiary/aromatic N) is 4. The number of carbonyl (C=O) groups is 2. The van der Waals surface area contributed by atoms with E-state index in [2.05, 4.69) is 35.0 Å². The average Bonchev–Trinajstić information content (AvgIpc) is 2.83. The van der Waals surface area contributed by atoms with Crippen LogP contribution in [0.25, 0.3) is 5.95 Å². The van der Waals surface area contributed by atoms with Crippen LogP contribution in [-0.2, 0) is 18.3 Å². The summed E-state index contributed by atoms with van der Waals surface area (Å²) in [6.45, 7) is 0. The number of pyridine rings is 1. The first-order valence-corrected chi connectivity index (χ1v) is 10.7. The number of hydrogen-bond donors (Lipinski definition) is 4. The predicted octanol–water partition coefficient (Wildman–Crippen LogP) is 2.25. The number of carboxylic acid groups (broad SMARTS) is 1. The molecule has 13 nitrogen and oxygen atoms in total. The van der Waals surface area contributed by atoms with Gasteiger partial charge in [0.25, 0.3) is 0 Å². The molecule has 1 aromatic carbocycles. The number of rotatable bonds is 11. The zero-order valence-corrected chi connectivity index (χ0v) is 18.5. The molecular formula is C18H17N6O7S2+. The first kappa shape index (κ1) is 24.1. The molecule has 2 aromatic heterocycles. The fraction of sp³-hybridized carbons (Fsp3) is 0.111. The number of carbonyl (C=O) groups excluding carboxylic acids is 1. The minimum absolute atomic E-state index is 0.0834. The zero-order chi connectivity index (χ0) is 23.6. The van der Waals surface area contributed by atoms with Crippen molar-refractivity contribution in [3.63, 3.8) is 0 Å². The van der Waals surface area contributed by atoms with E-state index in [-0.39, 0.29) is 29.2 Å². The summed E-state index contributed by atoms with van der Waals surface area (Å²) >= 11 is 1.44. The summed E-state index contributed by atoms with van der Waals surface area (Å²) in [4.78, 5) is 36.3. The second-order valence-electron chi connectivity index (χ2n) is 5.93. The molecule has 172 valence electrons. The van der Waals surface area contributed by atoms with Crippen LogP contribution < -0.4 is 15.2 Å². The van der Waals surface area contributed by atoms with Crippen LogP contribution in [0.5, 0.6) is 0 Å². The lowest BCUT2D eigenvalue weighted by Crippen LogP contribution is -2.34. The molecular weight excluding hydrogens is 476 g/mol. The smallest absolute Gasteiger partial charge is 0.444 e. The molecule has 33 heavy (non-hydrogen) atoms. The van der Waals surface area contributed by atoms with Crippen LogP contribution in [0.2, 0.25) is 0 Å². The molecule has 0 atom stereocenters. The SMILES string of the molecule is CNc1nc(Nc2ccc(SOC(=O)CSOOO)cc2)nc(-[n+]2cccc(C(=O)O)c2)n1. The molecule has 3 aromatic rings. The van der Waals surface area contributed by atoms with Crippen LogP contribution in [-0.4, -0.2) is 50.1 Å². The summed E-state index contributed by atoms with van der Waals surface area (Å²) in [6.07, 6.45) is 3.02. The van der Waals surface area contributed by atoms with Gasteiger partial charge in [0.05, 0.1) is 30.0 Å². The van der Waals surface area contributed by atoms with Crippen molar-refractivity contribution >= 4 is 53.6 Å². The number of hydrogen-bond acceptors (Lipinski definition) is 13. The van der Waals surface area contributed by atoms with Crippen molar-refractivity contribution in [1.82, 2.24) is 15.0 Å². The van der Waals surface area contributed by atoms with Crippen LogP contribution in [0.15, 0.2) is 53.7 Å². The van der Waals surface area contributed by atoms with E-state index < -0.39 is 11.9 Å². The lowest BCUT2D eigenvalue weighted by Gasteiger charge is -2.06. The van der Waals surface area contributed by atoms with Crippen molar-refractivity contribution in [2.75, 3.05) is 23.4 Å². The van der Waals surface area contributed by atoms with E-state index in [0.29, 0.717) is 22.6 Å². The number of anilines is 3. The topological polar surface area (TPSA) is 169 Å². The molecule has 0 aliphatic heterocycles. The van der Waals surface area contributed by atoms with Crippen molar-refractivity contribution in [2.45, 2.75) is 4.90 Å². The van der Waals surface area contributed by atoms with E-state index in [4.69, 9.17) is 9.44 Å². The van der Waals surface area contributed by atoms with E-state index >= 15 is 0 Å². The molecule has 0 bridgehead atoms.